The first-order valence-corrected chi connectivity index (χ1v) is 17.5. The van der Waals surface area contributed by atoms with Crippen molar-refractivity contribution >= 4 is 91.9 Å². The lowest BCUT2D eigenvalue weighted by molar-refractivity contribution is -0.111. The fourth-order valence-electron chi connectivity index (χ4n) is 4.48. The van der Waals surface area contributed by atoms with Gasteiger partial charge < -0.3 is 11.1 Å². The average molecular weight is 711 g/mol. The van der Waals surface area contributed by atoms with E-state index in [0.29, 0.717) is 16.8 Å². The molecular formula is C29H22N6O10S3. The predicted molar refractivity (Wildman–Crippen MR) is 175 cm³/mol. The number of nitrogens with two attached hydrogens (primary N) is 1. The molecule has 16 nitrogen and oxygen atoms in total. The van der Waals surface area contributed by atoms with Gasteiger partial charge >= 0.3 is 0 Å². The molecule has 0 radical (unpaired) electrons. The van der Waals surface area contributed by atoms with Gasteiger partial charge in [0.25, 0.3) is 30.4 Å². The van der Waals surface area contributed by atoms with E-state index in [9.17, 15) is 43.7 Å². The minimum Gasteiger partial charge on any atom is -0.398 e. The first-order chi connectivity index (χ1) is 22.4. The van der Waals surface area contributed by atoms with Crippen LogP contribution >= 0.6 is 0 Å². The highest BCUT2D eigenvalue weighted by atomic mass is 32.2. The van der Waals surface area contributed by atoms with Crippen LogP contribution in [0.1, 0.15) is 0 Å². The lowest BCUT2D eigenvalue weighted by atomic mass is 10.1. The maximum absolute atomic E-state index is 12.3. The summed E-state index contributed by atoms with van der Waals surface area (Å²) in [5, 5.41) is 19.6. The van der Waals surface area contributed by atoms with E-state index in [-0.39, 0.29) is 33.2 Å². The zero-order valence-corrected chi connectivity index (χ0v) is 26.5. The number of hydrogen-bond acceptors (Lipinski definition) is 12. The van der Waals surface area contributed by atoms with Crippen molar-refractivity contribution in [1.82, 2.24) is 0 Å². The normalized spacial score (nSPS) is 12.6. The zero-order chi connectivity index (χ0) is 35.0. The number of nitrogens with one attached hydrogen (secondary N) is 1. The maximum Gasteiger partial charge on any atom is 0.296 e. The summed E-state index contributed by atoms with van der Waals surface area (Å²) in [5.41, 5.74) is 6.13. The molecule has 5 rings (SSSR count). The molecule has 0 atom stereocenters. The molecule has 0 bridgehead atoms. The summed E-state index contributed by atoms with van der Waals surface area (Å²) in [5.74, 6) is -0.397. The van der Waals surface area contributed by atoms with Crippen molar-refractivity contribution in [3.63, 3.8) is 0 Å². The minimum atomic E-state index is -4.97. The van der Waals surface area contributed by atoms with E-state index < -0.39 is 56.6 Å². The maximum atomic E-state index is 12.3. The monoisotopic (exact) mass is 710 g/mol. The van der Waals surface area contributed by atoms with Crippen LogP contribution in [-0.2, 0) is 35.1 Å². The second-order valence-corrected chi connectivity index (χ2v) is 14.1. The van der Waals surface area contributed by atoms with Crippen molar-refractivity contribution in [1.29, 1.82) is 0 Å². The molecule has 6 N–H and O–H groups in total. The number of carbonyl (C=O) groups is 1. The molecule has 0 aliphatic carbocycles. The first kappa shape index (κ1) is 33.9. The Hall–Kier alpha value is -5.44. The molecule has 0 heterocycles. The number of benzene rings is 5. The summed E-state index contributed by atoms with van der Waals surface area (Å²) in [7, 11) is -14.4. The molecule has 48 heavy (non-hydrogen) atoms. The lowest BCUT2D eigenvalue weighted by Crippen LogP contribution is -2.06. The number of fused-ring (bicyclic) bond motifs is 2. The van der Waals surface area contributed by atoms with Crippen LogP contribution in [0.15, 0.2) is 127 Å². The number of amides is 1. The molecular weight excluding hydrogens is 689 g/mol. The van der Waals surface area contributed by atoms with Gasteiger partial charge in [-0.25, -0.2) is 0 Å². The van der Waals surface area contributed by atoms with E-state index in [1.54, 1.807) is 24.3 Å². The van der Waals surface area contributed by atoms with Crippen LogP contribution < -0.4 is 11.1 Å². The predicted octanol–water partition coefficient (Wildman–Crippen LogP) is 6.27. The number of hydrogen-bond donors (Lipinski definition) is 5. The number of nitrogen functional groups attached to an aromatic ring is 1. The minimum absolute atomic E-state index is 0.0145. The quantitative estimate of drug-likeness (QED) is 0.0492. The van der Waals surface area contributed by atoms with Gasteiger partial charge in [0.2, 0.25) is 5.91 Å². The van der Waals surface area contributed by atoms with Crippen LogP contribution in [0, 0.1) is 0 Å². The molecule has 0 aliphatic heterocycles. The Morgan fingerprint density at radius 2 is 1.21 bits per heavy atom. The summed E-state index contributed by atoms with van der Waals surface area (Å²) < 4.78 is 101. The Morgan fingerprint density at radius 1 is 0.646 bits per heavy atom. The molecule has 1 amide bonds. The lowest BCUT2D eigenvalue weighted by Gasteiger charge is -2.09. The fourth-order valence-corrected chi connectivity index (χ4v) is 6.26. The van der Waals surface area contributed by atoms with Crippen molar-refractivity contribution < 1.29 is 43.7 Å². The molecule has 0 unspecified atom stereocenters. The van der Waals surface area contributed by atoms with E-state index in [1.165, 1.54) is 18.2 Å². The molecule has 0 aliphatic rings. The van der Waals surface area contributed by atoms with Gasteiger partial charge in [-0.3, -0.25) is 18.5 Å². The highest BCUT2D eigenvalue weighted by Crippen LogP contribution is 2.39. The van der Waals surface area contributed by atoms with Crippen LogP contribution in [0.3, 0.4) is 0 Å². The smallest absolute Gasteiger partial charge is 0.296 e. The Balaban J connectivity index is 1.61. The van der Waals surface area contributed by atoms with E-state index in [4.69, 9.17) is 5.73 Å². The second kappa shape index (κ2) is 12.6. The third-order valence-electron chi connectivity index (χ3n) is 6.70. The first-order valence-electron chi connectivity index (χ1n) is 13.2. The van der Waals surface area contributed by atoms with E-state index in [2.05, 4.69) is 32.4 Å². The van der Waals surface area contributed by atoms with Crippen LogP contribution in [0.2, 0.25) is 0 Å². The summed E-state index contributed by atoms with van der Waals surface area (Å²) in [4.78, 5) is 9.55. The largest absolute Gasteiger partial charge is 0.398 e. The molecule has 0 saturated carbocycles. The molecule has 5 aromatic rings. The van der Waals surface area contributed by atoms with Gasteiger partial charge in [0, 0.05) is 16.5 Å². The summed E-state index contributed by atoms with van der Waals surface area (Å²) >= 11 is 0. The third kappa shape index (κ3) is 7.41. The Bertz CT molecular complexity index is 2550. The SMILES string of the molecule is C=CC(=O)Nc1ccc(N=Nc2ccc(N=Nc3cc4cc(N)c(S(=O)(=O)O)cc4cc3S(=O)(=O)O)c3cc(S(=O)(=O)O)ccc23)cc1. The van der Waals surface area contributed by atoms with Crippen LogP contribution in [0.5, 0.6) is 0 Å². The second-order valence-electron chi connectivity index (χ2n) is 9.93. The number of nitrogens with zero attached hydrogens (tertiary/aromatic N) is 4. The van der Waals surface area contributed by atoms with Gasteiger partial charge in [-0.05, 0) is 89.6 Å². The van der Waals surface area contributed by atoms with Gasteiger partial charge in [-0.1, -0.05) is 12.6 Å². The molecule has 0 fully saturated rings. The molecule has 246 valence electrons. The highest BCUT2D eigenvalue weighted by molar-refractivity contribution is 7.86. The Labute approximate surface area is 272 Å². The van der Waals surface area contributed by atoms with Crippen molar-refractivity contribution in [3.05, 3.63) is 91.5 Å². The zero-order valence-electron chi connectivity index (χ0n) is 24.1. The van der Waals surface area contributed by atoms with E-state index in [1.807, 2.05) is 0 Å². The van der Waals surface area contributed by atoms with E-state index in [0.717, 1.165) is 42.5 Å². The van der Waals surface area contributed by atoms with Crippen molar-refractivity contribution in [2.45, 2.75) is 14.7 Å². The Morgan fingerprint density at radius 3 is 1.81 bits per heavy atom. The number of anilines is 2. The summed E-state index contributed by atoms with van der Waals surface area (Å²) in [6, 6.07) is 16.8. The Kier molecular flexibility index (Phi) is 8.93. The van der Waals surface area contributed by atoms with Gasteiger partial charge in [-0.2, -0.15) is 30.4 Å². The topological polar surface area (TPSA) is 268 Å². The number of azo groups is 2. The number of carbonyl (C=O) groups excluding carboxylic acids is 1. The van der Waals surface area contributed by atoms with Crippen molar-refractivity contribution in [2.75, 3.05) is 11.1 Å². The number of rotatable bonds is 9. The molecule has 0 aromatic heterocycles. The van der Waals surface area contributed by atoms with Gasteiger partial charge in [0.15, 0.2) is 0 Å². The fraction of sp³-hybridized carbons (Fsp3) is 0. The van der Waals surface area contributed by atoms with Crippen LogP contribution in [0.25, 0.3) is 21.5 Å². The molecule has 5 aromatic carbocycles. The average Bonchev–Trinajstić information content (AvgIpc) is 3.01. The van der Waals surface area contributed by atoms with Crippen molar-refractivity contribution in [2.24, 2.45) is 20.5 Å². The molecule has 0 saturated heterocycles. The van der Waals surface area contributed by atoms with Gasteiger partial charge in [0.1, 0.15) is 15.5 Å². The van der Waals surface area contributed by atoms with Crippen LogP contribution in [-0.4, -0.2) is 44.8 Å². The molecule has 0 spiro atoms. The van der Waals surface area contributed by atoms with E-state index >= 15 is 0 Å². The van der Waals surface area contributed by atoms with Gasteiger partial charge in [-0.15, -0.1) is 15.3 Å². The standard InChI is InChI=1S/C29H22N6O10S3/c1-2-29(36)31-18-3-5-19(6-4-18)32-33-24-9-10-25(22-15-20(46(37,38)39)7-8-21(22)24)34-35-26-12-16-11-23(30)27(47(40,41)42)13-17(16)14-28(26)48(43,44)45/h2-15H,1,30H2,(H,31,36)(H,37,38,39)(H,40,41,42)(H,43,44,45). The summed E-state index contributed by atoms with van der Waals surface area (Å²) in [6.07, 6.45) is 1.12. The third-order valence-corrected chi connectivity index (χ3v) is 9.34. The highest BCUT2D eigenvalue weighted by Gasteiger charge is 2.21. The van der Waals surface area contributed by atoms with Crippen LogP contribution in [0.4, 0.5) is 34.1 Å². The molecule has 19 heteroatoms. The van der Waals surface area contributed by atoms with Crippen molar-refractivity contribution in [3.8, 4) is 0 Å². The van der Waals surface area contributed by atoms with Gasteiger partial charge in [0.05, 0.1) is 27.6 Å². The summed E-state index contributed by atoms with van der Waals surface area (Å²) in [6.45, 7) is 3.38.